The SMILES string of the molecule is C[C@@H](O)c1cc2c(NCC(C)(C)C)nc(NC3CCC(NC(=O)CN(C)C)CC3)nc2cn1. The maximum absolute atomic E-state index is 12.0. The van der Waals surface area contributed by atoms with E-state index in [-0.39, 0.29) is 23.4 Å². The first kappa shape index (κ1) is 25.1. The highest BCUT2D eigenvalue weighted by atomic mass is 16.3. The van der Waals surface area contributed by atoms with E-state index in [0.717, 1.165) is 48.9 Å². The molecule has 0 unspecified atom stereocenters. The average molecular weight is 458 g/mol. The highest BCUT2D eigenvalue weighted by molar-refractivity contribution is 5.90. The zero-order valence-electron chi connectivity index (χ0n) is 20.8. The summed E-state index contributed by atoms with van der Waals surface area (Å²) in [5.74, 6) is 1.39. The smallest absolute Gasteiger partial charge is 0.234 e. The van der Waals surface area contributed by atoms with E-state index in [2.05, 4.69) is 41.7 Å². The minimum absolute atomic E-state index is 0.0768. The quantitative estimate of drug-likeness (QED) is 0.478. The van der Waals surface area contributed by atoms with Gasteiger partial charge in [0.05, 0.1) is 30.1 Å². The summed E-state index contributed by atoms with van der Waals surface area (Å²) >= 11 is 0. The first-order valence-corrected chi connectivity index (χ1v) is 11.8. The van der Waals surface area contributed by atoms with Crippen molar-refractivity contribution in [2.75, 3.05) is 37.8 Å². The molecule has 1 fully saturated rings. The highest BCUT2D eigenvalue weighted by Gasteiger charge is 2.24. The maximum Gasteiger partial charge on any atom is 0.234 e. The number of aliphatic hydroxyl groups is 1. The number of hydrogen-bond acceptors (Lipinski definition) is 8. The summed E-state index contributed by atoms with van der Waals surface area (Å²) in [7, 11) is 3.80. The Hall–Kier alpha value is -2.52. The molecule has 9 heteroatoms. The summed E-state index contributed by atoms with van der Waals surface area (Å²) in [6.07, 6.45) is 4.79. The Bertz CT molecular complexity index is 948. The van der Waals surface area contributed by atoms with Crippen LogP contribution in [0, 0.1) is 5.41 Å². The third-order valence-electron chi connectivity index (χ3n) is 5.70. The molecule has 0 saturated heterocycles. The van der Waals surface area contributed by atoms with Crippen LogP contribution in [0.2, 0.25) is 0 Å². The minimum Gasteiger partial charge on any atom is -0.387 e. The van der Waals surface area contributed by atoms with E-state index in [0.29, 0.717) is 18.2 Å². The topological polar surface area (TPSA) is 115 Å². The molecule has 9 nitrogen and oxygen atoms in total. The molecule has 0 aromatic carbocycles. The second-order valence-corrected chi connectivity index (χ2v) is 10.6. The summed E-state index contributed by atoms with van der Waals surface area (Å²) in [4.78, 5) is 27.8. The number of carbonyl (C=O) groups excluding carboxylic acids is 1. The Morgan fingerprint density at radius 3 is 2.45 bits per heavy atom. The lowest BCUT2D eigenvalue weighted by atomic mass is 9.91. The standard InChI is InChI=1S/C24H39N7O2/c1-15(32)19-11-18-20(12-25-19)29-23(30-22(18)26-14-24(2,3)4)28-17-9-7-16(8-10-17)27-21(33)13-31(5)6/h11-12,15-17,32H,7-10,13-14H2,1-6H3,(H,27,33)(H2,26,28,29,30)/t15-,16?,17?/m1/s1. The lowest BCUT2D eigenvalue weighted by Gasteiger charge is -2.30. The van der Waals surface area contributed by atoms with Crippen LogP contribution in [0.5, 0.6) is 0 Å². The van der Waals surface area contributed by atoms with Crippen molar-refractivity contribution < 1.29 is 9.90 Å². The fraction of sp³-hybridized carbons (Fsp3) is 0.667. The number of fused-ring (bicyclic) bond motifs is 1. The van der Waals surface area contributed by atoms with Crippen LogP contribution >= 0.6 is 0 Å². The van der Waals surface area contributed by atoms with Crippen molar-refractivity contribution in [2.45, 2.75) is 71.6 Å². The van der Waals surface area contributed by atoms with Gasteiger partial charge < -0.3 is 26.0 Å². The van der Waals surface area contributed by atoms with E-state index in [9.17, 15) is 9.90 Å². The molecule has 2 heterocycles. The Kier molecular flexibility index (Phi) is 8.07. The Morgan fingerprint density at radius 1 is 1.18 bits per heavy atom. The summed E-state index contributed by atoms with van der Waals surface area (Å²) in [5.41, 5.74) is 1.42. The predicted molar refractivity (Wildman–Crippen MR) is 132 cm³/mol. The molecule has 1 atom stereocenters. The monoisotopic (exact) mass is 457 g/mol. The van der Waals surface area contributed by atoms with Crippen molar-refractivity contribution in [1.29, 1.82) is 0 Å². The van der Waals surface area contributed by atoms with Crippen LogP contribution in [0.3, 0.4) is 0 Å². The van der Waals surface area contributed by atoms with E-state index in [1.807, 2.05) is 25.1 Å². The number of aromatic nitrogens is 3. The molecule has 182 valence electrons. The van der Waals surface area contributed by atoms with Crippen LogP contribution in [0.15, 0.2) is 12.3 Å². The first-order chi connectivity index (χ1) is 15.5. The van der Waals surface area contributed by atoms with Gasteiger partial charge in [-0.15, -0.1) is 0 Å². The Balaban J connectivity index is 1.71. The van der Waals surface area contributed by atoms with Gasteiger partial charge in [0.15, 0.2) is 0 Å². The number of rotatable bonds is 8. The van der Waals surface area contributed by atoms with Gasteiger partial charge in [-0.3, -0.25) is 9.78 Å². The van der Waals surface area contributed by atoms with Crippen molar-refractivity contribution in [2.24, 2.45) is 5.41 Å². The third-order valence-corrected chi connectivity index (χ3v) is 5.70. The molecule has 0 aliphatic heterocycles. The van der Waals surface area contributed by atoms with Crippen LogP contribution in [0.1, 0.15) is 65.2 Å². The van der Waals surface area contributed by atoms with Crippen molar-refractivity contribution in [3.63, 3.8) is 0 Å². The van der Waals surface area contributed by atoms with Gasteiger partial charge in [-0.25, -0.2) is 4.98 Å². The van der Waals surface area contributed by atoms with E-state index >= 15 is 0 Å². The minimum atomic E-state index is -0.656. The van der Waals surface area contributed by atoms with E-state index in [4.69, 9.17) is 9.97 Å². The third kappa shape index (κ3) is 7.50. The number of amides is 1. The number of pyridine rings is 1. The molecule has 33 heavy (non-hydrogen) atoms. The van der Waals surface area contributed by atoms with Crippen molar-refractivity contribution in [3.05, 3.63) is 18.0 Å². The van der Waals surface area contributed by atoms with Gasteiger partial charge in [-0.1, -0.05) is 20.8 Å². The van der Waals surface area contributed by atoms with Crippen LogP contribution in [0.25, 0.3) is 10.9 Å². The van der Waals surface area contributed by atoms with Gasteiger partial charge in [-0.05, 0) is 58.2 Å². The molecule has 2 aromatic rings. The van der Waals surface area contributed by atoms with E-state index in [1.165, 1.54) is 0 Å². The number of hydrogen-bond donors (Lipinski definition) is 4. The zero-order chi connectivity index (χ0) is 24.2. The lowest BCUT2D eigenvalue weighted by molar-refractivity contribution is -0.122. The fourth-order valence-electron chi connectivity index (χ4n) is 3.95. The molecular weight excluding hydrogens is 418 g/mol. The molecule has 4 N–H and O–H groups in total. The number of anilines is 2. The van der Waals surface area contributed by atoms with Crippen molar-refractivity contribution in [3.8, 4) is 0 Å². The van der Waals surface area contributed by atoms with Crippen LogP contribution in [-0.2, 0) is 4.79 Å². The molecule has 2 aromatic heterocycles. The molecule has 0 radical (unpaired) electrons. The average Bonchev–Trinajstić information content (AvgIpc) is 2.72. The molecule has 1 saturated carbocycles. The molecule has 1 aliphatic rings. The summed E-state index contributed by atoms with van der Waals surface area (Å²) < 4.78 is 0. The van der Waals surface area contributed by atoms with Gasteiger partial charge >= 0.3 is 0 Å². The lowest BCUT2D eigenvalue weighted by Crippen LogP contribution is -2.43. The normalized spacial score (nSPS) is 20.0. The molecule has 1 aliphatic carbocycles. The van der Waals surface area contributed by atoms with Crippen LogP contribution in [0.4, 0.5) is 11.8 Å². The summed E-state index contributed by atoms with van der Waals surface area (Å²) in [5, 5.41) is 20.9. The fourth-order valence-corrected chi connectivity index (χ4v) is 3.95. The number of likely N-dealkylation sites (N-methyl/N-ethyl adjacent to an activating group) is 1. The van der Waals surface area contributed by atoms with E-state index < -0.39 is 6.10 Å². The number of nitrogens with one attached hydrogen (secondary N) is 3. The Morgan fingerprint density at radius 2 is 1.85 bits per heavy atom. The van der Waals surface area contributed by atoms with Crippen molar-refractivity contribution in [1.82, 2.24) is 25.2 Å². The van der Waals surface area contributed by atoms with Gasteiger partial charge in [0.2, 0.25) is 11.9 Å². The first-order valence-electron chi connectivity index (χ1n) is 11.8. The van der Waals surface area contributed by atoms with Crippen molar-refractivity contribution >= 4 is 28.6 Å². The molecule has 0 spiro atoms. The van der Waals surface area contributed by atoms with Gasteiger partial charge in [0.25, 0.3) is 0 Å². The number of nitrogens with zero attached hydrogens (tertiary/aromatic N) is 4. The predicted octanol–water partition coefficient (Wildman–Crippen LogP) is 2.94. The van der Waals surface area contributed by atoms with Crippen LogP contribution in [-0.4, -0.2) is 70.1 Å². The number of carbonyl (C=O) groups is 1. The largest absolute Gasteiger partial charge is 0.387 e. The van der Waals surface area contributed by atoms with Crippen LogP contribution < -0.4 is 16.0 Å². The maximum atomic E-state index is 12.0. The molecule has 0 bridgehead atoms. The second-order valence-electron chi connectivity index (χ2n) is 10.6. The highest BCUT2D eigenvalue weighted by Crippen LogP contribution is 2.27. The van der Waals surface area contributed by atoms with E-state index in [1.54, 1.807) is 13.1 Å². The summed E-state index contributed by atoms with van der Waals surface area (Å²) in [6, 6.07) is 2.33. The molecular formula is C24H39N7O2. The van der Waals surface area contributed by atoms with Gasteiger partial charge in [0, 0.05) is 24.0 Å². The second kappa shape index (κ2) is 10.6. The molecule has 1 amide bonds. The summed E-state index contributed by atoms with van der Waals surface area (Å²) in [6.45, 7) is 9.37. The Labute approximate surface area is 196 Å². The number of aliphatic hydroxyl groups excluding tert-OH is 1. The van der Waals surface area contributed by atoms with Gasteiger partial charge in [0.1, 0.15) is 5.82 Å². The zero-order valence-corrected chi connectivity index (χ0v) is 20.8. The molecule has 3 rings (SSSR count). The van der Waals surface area contributed by atoms with Gasteiger partial charge in [-0.2, -0.15) is 4.98 Å².